The molecule has 80 valence electrons. The maximum Gasteiger partial charge on any atom is 0.0981 e. The molecule has 0 saturated heterocycles. The maximum atomic E-state index is 5.21. The molecule has 2 rings (SSSR count). The highest BCUT2D eigenvalue weighted by atomic mass is 16.3. The van der Waals surface area contributed by atoms with Crippen molar-refractivity contribution in [1.29, 1.82) is 0 Å². The zero-order valence-electron chi connectivity index (χ0n) is 9.71. The first-order chi connectivity index (χ1) is 7.22. The average molecular weight is 202 g/mol. The summed E-state index contributed by atoms with van der Waals surface area (Å²) >= 11 is 0. The van der Waals surface area contributed by atoms with Gasteiger partial charge in [-0.3, -0.25) is 0 Å². The van der Waals surface area contributed by atoms with Gasteiger partial charge in [0.2, 0.25) is 0 Å². The second-order valence-electron chi connectivity index (χ2n) is 4.40. The van der Waals surface area contributed by atoms with Crippen LogP contribution in [-0.4, -0.2) is 0 Å². The van der Waals surface area contributed by atoms with Crippen molar-refractivity contribution < 1.29 is 4.42 Å². The molecule has 0 radical (unpaired) electrons. The number of benzene rings is 1. The first-order valence-electron chi connectivity index (χ1n) is 5.68. The topological polar surface area (TPSA) is 13.1 Å². The Hall–Kier alpha value is -1.24. The summed E-state index contributed by atoms with van der Waals surface area (Å²) in [6.45, 7) is 6.73. The zero-order valence-corrected chi connectivity index (χ0v) is 9.71. The Bertz CT molecular complexity index is 453. The van der Waals surface area contributed by atoms with Crippen molar-refractivity contribution in [2.75, 3.05) is 0 Å². The highest BCUT2D eigenvalue weighted by Crippen LogP contribution is 2.28. The number of furan rings is 1. The van der Waals surface area contributed by atoms with Gasteiger partial charge in [-0.25, -0.2) is 0 Å². The molecule has 1 heterocycles. The normalized spacial score (nSPS) is 13.3. The minimum atomic E-state index is 0.647. The van der Waals surface area contributed by atoms with Crippen LogP contribution in [-0.2, 0) is 0 Å². The van der Waals surface area contributed by atoms with E-state index in [-0.39, 0.29) is 0 Å². The van der Waals surface area contributed by atoms with E-state index in [1.54, 1.807) is 0 Å². The van der Waals surface area contributed by atoms with Gasteiger partial charge in [0.05, 0.1) is 12.5 Å². The smallest absolute Gasteiger partial charge is 0.0981 e. The van der Waals surface area contributed by atoms with E-state index in [0.29, 0.717) is 5.92 Å². The summed E-state index contributed by atoms with van der Waals surface area (Å²) in [5, 5.41) is 2.43. The van der Waals surface area contributed by atoms with Crippen LogP contribution in [0.15, 0.2) is 29.1 Å². The molecule has 0 aliphatic heterocycles. The van der Waals surface area contributed by atoms with E-state index in [9.17, 15) is 0 Å². The number of aryl methyl sites for hydroxylation is 1. The standard InChI is InChI=1S/C14H18O/c1-4-5-10(2)14-7-13-9-15-8-12(13)6-11(14)3/h6-10H,4-5H2,1-3H3. The molecule has 1 atom stereocenters. The molecule has 1 unspecified atom stereocenters. The monoisotopic (exact) mass is 202 g/mol. The molecule has 0 N–H and O–H groups in total. The quantitative estimate of drug-likeness (QED) is 0.706. The van der Waals surface area contributed by atoms with Gasteiger partial charge >= 0.3 is 0 Å². The van der Waals surface area contributed by atoms with Gasteiger partial charge in [-0.15, -0.1) is 0 Å². The lowest BCUT2D eigenvalue weighted by Gasteiger charge is -2.13. The molecule has 0 bridgehead atoms. The van der Waals surface area contributed by atoms with Gasteiger partial charge in [0.1, 0.15) is 0 Å². The van der Waals surface area contributed by atoms with Crippen LogP contribution in [0.1, 0.15) is 43.7 Å². The van der Waals surface area contributed by atoms with E-state index >= 15 is 0 Å². The van der Waals surface area contributed by atoms with Gasteiger partial charge in [0.25, 0.3) is 0 Å². The van der Waals surface area contributed by atoms with Crippen LogP contribution in [0, 0.1) is 6.92 Å². The Balaban J connectivity index is 2.45. The summed E-state index contributed by atoms with van der Waals surface area (Å²) in [5.41, 5.74) is 2.84. The Morgan fingerprint density at radius 2 is 1.87 bits per heavy atom. The zero-order chi connectivity index (χ0) is 10.8. The molecule has 0 amide bonds. The number of rotatable bonds is 3. The first-order valence-corrected chi connectivity index (χ1v) is 5.68. The van der Waals surface area contributed by atoms with Gasteiger partial charge in [0, 0.05) is 10.8 Å². The van der Waals surface area contributed by atoms with Crippen molar-refractivity contribution in [1.82, 2.24) is 0 Å². The minimum Gasteiger partial charge on any atom is -0.471 e. The summed E-state index contributed by atoms with van der Waals surface area (Å²) in [6.07, 6.45) is 6.14. The molecule has 15 heavy (non-hydrogen) atoms. The third kappa shape index (κ3) is 1.92. The molecule has 0 aliphatic carbocycles. The molecule has 1 aromatic heterocycles. The fourth-order valence-corrected chi connectivity index (χ4v) is 2.27. The molecule has 0 saturated carbocycles. The Kier molecular flexibility index (Phi) is 2.81. The van der Waals surface area contributed by atoms with Crippen LogP contribution >= 0.6 is 0 Å². The van der Waals surface area contributed by atoms with Gasteiger partial charge < -0.3 is 4.42 Å². The van der Waals surface area contributed by atoms with Crippen molar-refractivity contribution in [2.24, 2.45) is 0 Å². The molecular weight excluding hydrogens is 184 g/mol. The number of fused-ring (bicyclic) bond motifs is 1. The van der Waals surface area contributed by atoms with Gasteiger partial charge in [0.15, 0.2) is 0 Å². The SMILES string of the molecule is CCCC(C)c1cc2cocc2cc1C. The fourth-order valence-electron chi connectivity index (χ4n) is 2.27. The average Bonchev–Trinajstić information content (AvgIpc) is 2.63. The molecule has 1 nitrogen and oxygen atoms in total. The third-order valence-electron chi connectivity index (χ3n) is 3.11. The lowest BCUT2D eigenvalue weighted by Crippen LogP contribution is -1.95. The molecular formula is C14H18O. The fraction of sp³-hybridized carbons (Fsp3) is 0.429. The van der Waals surface area contributed by atoms with Crippen molar-refractivity contribution in [3.8, 4) is 0 Å². The predicted octanol–water partition coefficient (Wildman–Crippen LogP) is 4.64. The molecule has 1 aromatic carbocycles. The summed E-state index contributed by atoms with van der Waals surface area (Å²) < 4.78 is 5.21. The van der Waals surface area contributed by atoms with Gasteiger partial charge in [-0.05, 0) is 42.5 Å². The van der Waals surface area contributed by atoms with E-state index in [1.807, 2.05) is 12.5 Å². The predicted molar refractivity (Wildman–Crippen MR) is 64.3 cm³/mol. The summed E-state index contributed by atoms with van der Waals surface area (Å²) in [4.78, 5) is 0. The number of hydrogen-bond donors (Lipinski definition) is 0. The second kappa shape index (κ2) is 4.09. The van der Waals surface area contributed by atoms with Crippen molar-refractivity contribution in [3.05, 3.63) is 35.8 Å². The Labute approximate surface area is 91.1 Å². The van der Waals surface area contributed by atoms with Crippen LogP contribution in [0.25, 0.3) is 10.8 Å². The van der Waals surface area contributed by atoms with E-state index in [1.165, 1.54) is 34.7 Å². The molecule has 0 spiro atoms. The molecule has 0 fully saturated rings. The first kappa shape index (κ1) is 10.3. The Morgan fingerprint density at radius 1 is 1.20 bits per heavy atom. The van der Waals surface area contributed by atoms with Crippen LogP contribution in [0.2, 0.25) is 0 Å². The molecule has 2 aromatic rings. The van der Waals surface area contributed by atoms with Crippen molar-refractivity contribution in [3.63, 3.8) is 0 Å². The second-order valence-corrected chi connectivity index (χ2v) is 4.40. The summed E-state index contributed by atoms with van der Waals surface area (Å²) in [5.74, 6) is 0.647. The lowest BCUT2D eigenvalue weighted by molar-refractivity contribution is 0.572. The third-order valence-corrected chi connectivity index (χ3v) is 3.11. The van der Waals surface area contributed by atoms with Crippen molar-refractivity contribution in [2.45, 2.75) is 39.5 Å². The number of hydrogen-bond acceptors (Lipinski definition) is 1. The highest BCUT2D eigenvalue weighted by Gasteiger charge is 2.09. The van der Waals surface area contributed by atoms with E-state index in [4.69, 9.17) is 4.42 Å². The summed E-state index contributed by atoms with van der Waals surface area (Å²) in [7, 11) is 0. The maximum absolute atomic E-state index is 5.21. The highest BCUT2D eigenvalue weighted by molar-refractivity contribution is 5.82. The van der Waals surface area contributed by atoms with Crippen molar-refractivity contribution >= 4 is 10.8 Å². The van der Waals surface area contributed by atoms with Gasteiger partial charge in [-0.1, -0.05) is 20.3 Å². The largest absolute Gasteiger partial charge is 0.471 e. The van der Waals surface area contributed by atoms with E-state index < -0.39 is 0 Å². The Morgan fingerprint density at radius 3 is 2.53 bits per heavy atom. The molecule has 0 aliphatic rings. The van der Waals surface area contributed by atoms with Crippen LogP contribution < -0.4 is 0 Å². The van der Waals surface area contributed by atoms with E-state index in [0.717, 1.165) is 0 Å². The lowest BCUT2D eigenvalue weighted by atomic mass is 9.91. The van der Waals surface area contributed by atoms with Crippen LogP contribution in [0.5, 0.6) is 0 Å². The van der Waals surface area contributed by atoms with Crippen LogP contribution in [0.4, 0.5) is 0 Å². The van der Waals surface area contributed by atoms with Gasteiger partial charge in [-0.2, -0.15) is 0 Å². The van der Waals surface area contributed by atoms with Crippen LogP contribution in [0.3, 0.4) is 0 Å². The summed E-state index contributed by atoms with van der Waals surface area (Å²) in [6, 6.07) is 4.49. The molecule has 1 heteroatoms. The van der Waals surface area contributed by atoms with E-state index in [2.05, 4.69) is 32.9 Å². The minimum absolute atomic E-state index is 0.647.